The summed E-state index contributed by atoms with van der Waals surface area (Å²) in [6, 6.07) is 12.3. The minimum Gasteiger partial charge on any atom is -0.497 e. The predicted molar refractivity (Wildman–Crippen MR) is 89.0 cm³/mol. The lowest BCUT2D eigenvalue weighted by Crippen LogP contribution is -2.42. The summed E-state index contributed by atoms with van der Waals surface area (Å²) in [6.45, 7) is 3.96. The summed E-state index contributed by atoms with van der Waals surface area (Å²) in [5.41, 5.74) is 1.28. The molecule has 0 spiro atoms. The van der Waals surface area contributed by atoms with Gasteiger partial charge in [0.2, 0.25) is 0 Å². The second-order valence-electron chi connectivity index (χ2n) is 5.70. The van der Waals surface area contributed by atoms with Crippen molar-refractivity contribution in [1.82, 2.24) is 9.47 Å². The molecule has 0 amide bonds. The summed E-state index contributed by atoms with van der Waals surface area (Å²) < 4.78 is 18.9. The molecule has 3 rings (SSSR count). The number of morpholine rings is 1. The first-order valence-electron chi connectivity index (χ1n) is 7.98. The van der Waals surface area contributed by atoms with Gasteiger partial charge < -0.3 is 18.8 Å². The molecule has 0 aliphatic carbocycles. The quantitative estimate of drug-likeness (QED) is 0.820. The highest BCUT2D eigenvalue weighted by Crippen LogP contribution is 2.24. The summed E-state index contributed by atoms with van der Waals surface area (Å²) in [5.74, 6) is 1.66. The normalized spacial score (nSPS) is 18.8. The third kappa shape index (κ3) is 3.86. The Labute approximate surface area is 137 Å². The van der Waals surface area contributed by atoms with E-state index < -0.39 is 0 Å². The van der Waals surface area contributed by atoms with Crippen LogP contribution in [0.3, 0.4) is 0 Å². The van der Waals surface area contributed by atoms with Gasteiger partial charge in [-0.1, -0.05) is 6.07 Å². The number of benzene rings is 1. The van der Waals surface area contributed by atoms with Crippen LogP contribution in [0.4, 0.5) is 0 Å². The maximum atomic E-state index is 5.88. The van der Waals surface area contributed by atoms with E-state index in [0.29, 0.717) is 6.61 Å². The Kier molecular flexibility index (Phi) is 5.20. The number of rotatable bonds is 6. The van der Waals surface area contributed by atoms with E-state index in [4.69, 9.17) is 14.2 Å². The summed E-state index contributed by atoms with van der Waals surface area (Å²) in [6.07, 6.45) is 2.08. The lowest BCUT2D eigenvalue weighted by atomic mass is 10.1. The molecule has 1 atom stereocenters. The molecule has 0 unspecified atom stereocenters. The van der Waals surface area contributed by atoms with Gasteiger partial charge in [-0.2, -0.15) is 0 Å². The van der Waals surface area contributed by atoms with E-state index in [1.807, 2.05) is 24.3 Å². The summed E-state index contributed by atoms with van der Waals surface area (Å²) in [7, 11) is 3.74. The van der Waals surface area contributed by atoms with Crippen molar-refractivity contribution >= 4 is 0 Å². The van der Waals surface area contributed by atoms with Crippen molar-refractivity contribution < 1.29 is 14.2 Å². The lowest BCUT2D eigenvalue weighted by Gasteiger charge is -2.35. The Morgan fingerprint density at radius 1 is 1.22 bits per heavy atom. The van der Waals surface area contributed by atoms with Gasteiger partial charge in [-0.05, 0) is 24.3 Å². The van der Waals surface area contributed by atoms with Crippen molar-refractivity contribution in [2.75, 3.05) is 40.0 Å². The standard InChI is InChI=1S/C18H24N2O3/c1-19-8-4-7-17(19)18-14-22-11-9-20(18)10-12-23-16-6-3-5-15(13-16)21-2/h3-8,13,18H,9-12,14H2,1-2H3/t18-/m1/s1. The van der Waals surface area contributed by atoms with E-state index in [9.17, 15) is 0 Å². The van der Waals surface area contributed by atoms with Crippen LogP contribution in [0.15, 0.2) is 42.6 Å². The molecule has 1 aromatic carbocycles. The predicted octanol–water partition coefficient (Wildman–Crippen LogP) is 2.49. The van der Waals surface area contributed by atoms with Crippen LogP contribution in [0.1, 0.15) is 11.7 Å². The van der Waals surface area contributed by atoms with Crippen molar-refractivity contribution in [3.05, 3.63) is 48.3 Å². The first-order valence-corrected chi connectivity index (χ1v) is 7.98. The van der Waals surface area contributed by atoms with E-state index in [1.165, 1.54) is 5.69 Å². The number of hydrogen-bond donors (Lipinski definition) is 0. The number of aryl methyl sites for hydroxylation is 1. The highest BCUT2D eigenvalue weighted by Gasteiger charge is 2.25. The minimum absolute atomic E-state index is 0.289. The molecule has 1 fully saturated rings. The summed E-state index contributed by atoms with van der Waals surface area (Å²) in [4.78, 5) is 2.43. The Hall–Kier alpha value is -1.98. The molecule has 0 N–H and O–H groups in total. The lowest BCUT2D eigenvalue weighted by molar-refractivity contribution is -0.0156. The molecule has 23 heavy (non-hydrogen) atoms. The molecule has 0 radical (unpaired) electrons. The fourth-order valence-corrected chi connectivity index (χ4v) is 2.97. The highest BCUT2D eigenvalue weighted by atomic mass is 16.5. The first-order chi connectivity index (χ1) is 11.3. The molecule has 1 saturated heterocycles. The number of methoxy groups -OCH3 is 1. The van der Waals surface area contributed by atoms with Gasteiger partial charge >= 0.3 is 0 Å². The van der Waals surface area contributed by atoms with Gasteiger partial charge in [0, 0.05) is 38.1 Å². The molecule has 5 nitrogen and oxygen atoms in total. The molecule has 0 saturated carbocycles. The molecule has 1 aliphatic rings. The van der Waals surface area contributed by atoms with E-state index in [-0.39, 0.29) is 6.04 Å². The molecule has 2 aromatic rings. The van der Waals surface area contributed by atoms with E-state index in [2.05, 4.69) is 34.8 Å². The van der Waals surface area contributed by atoms with Gasteiger partial charge in [0.05, 0.1) is 26.4 Å². The molecule has 0 bridgehead atoms. The van der Waals surface area contributed by atoms with Crippen molar-refractivity contribution in [3.8, 4) is 11.5 Å². The van der Waals surface area contributed by atoms with Crippen molar-refractivity contribution in [3.63, 3.8) is 0 Å². The zero-order valence-electron chi connectivity index (χ0n) is 13.8. The van der Waals surface area contributed by atoms with E-state index in [1.54, 1.807) is 7.11 Å². The maximum Gasteiger partial charge on any atom is 0.123 e. The SMILES string of the molecule is COc1cccc(OCCN2CCOC[C@@H]2c2cccn2C)c1. The van der Waals surface area contributed by atoms with Crippen LogP contribution in [0, 0.1) is 0 Å². The molecule has 1 aliphatic heterocycles. The fourth-order valence-electron chi connectivity index (χ4n) is 2.97. The smallest absolute Gasteiger partial charge is 0.123 e. The average Bonchev–Trinajstić information content (AvgIpc) is 3.01. The molecule has 1 aromatic heterocycles. The van der Waals surface area contributed by atoms with Gasteiger partial charge in [-0.25, -0.2) is 0 Å². The van der Waals surface area contributed by atoms with Gasteiger partial charge in [0.25, 0.3) is 0 Å². The van der Waals surface area contributed by atoms with Crippen molar-refractivity contribution in [2.45, 2.75) is 6.04 Å². The molecular formula is C18H24N2O3. The van der Waals surface area contributed by atoms with E-state index >= 15 is 0 Å². The minimum atomic E-state index is 0.289. The van der Waals surface area contributed by atoms with E-state index in [0.717, 1.165) is 37.8 Å². The first kappa shape index (κ1) is 15.9. The third-order valence-corrected chi connectivity index (χ3v) is 4.25. The topological polar surface area (TPSA) is 35.9 Å². The number of ether oxygens (including phenoxy) is 3. The number of nitrogens with zero attached hydrogens (tertiary/aromatic N) is 2. The largest absolute Gasteiger partial charge is 0.497 e. The fraction of sp³-hybridized carbons (Fsp3) is 0.444. The van der Waals surface area contributed by atoms with Crippen LogP contribution in [-0.2, 0) is 11.8 Å². The van der Waals surface area contributed by atoms with Crippen LogP contribution in [0.25, 0.3) is 0 Å². The zero-order chi connectivity index (χ0) is 16.1. The van der Waals surface area contributed by atoms with Gasteiger partial charge in [0.1, 0.15) is 18.1 Å². The Morgan fingerprint density at radius 3 is 2.87 bits per heavy atom. The molecule has 124 valence electrons. The van der Waals surface area contributed by atoms with Crippen LogP contribution >= 0.6 is 0 Å². The maximum absolute atomic E-state index is 5.88. The van der Waals surface area contributed by atoms with Crippen LogP contribution in [0.2, 0.25) is 0 Å². The van der Waals surface area contributed by atoms with Crippen LogP contribution < -0.4 is 9.47 Å². The van der Waals surface area contributed by atoms with Gasteiger partial charge in [-0.3, -0.25) is 4.90 Å². The Balaban J connectivity index is 1.58. The average molecular weight is 316 g/mol. The highest BCUT2D eigenvalue weighted by molar-refractivity contribution is 5.32. The molecule has 2 heterocycles. The Bertz CT molecular complexity index is 626. The van der Waals surface area contributed by atoms with Crippen molar-refractivity contribution in [2.24, 2.45) is 7.05 Å². The van der Waals surface area contributed by atoms with Gasteiger partial charge in [-0.15, -0.1) is 0 Å². The Morgan fingerprint density at radius 2 is 2.09 bits per heavy atom. The van der Waals surface area contributed by atoms with Crippen LogP contribution in [0.5, 0.6) is 11.5 Å². The third-order valence-electron chi connectivity index (χ3n) is 4.25. The second kappa shape index (κ2) is 7.53. The zero-order valence-corrected chi connectivity index (χ0v) is 13.8. The summed E-state index contributed by atoms with van der Waals surface area (Å²) in [5, 5.41) is 0. The van der Waals surface area contributed by atoms with Gasteiger partial charge in [0.15, 0.2) is 0 Å². The van der Waals surface area contributed by atoms with Crippen LogP contribution in [-0.4, -0.2) is 49.5 Å². The number of aromatic nitrogens is 1. The van der Waals surface area contributed by atoms with Crippen molar-refractivity contribution in [1.29, 1.82) is 0 Å². The molecular weight excluding hydrogens is 292 g/mol. The number of hydrogen-bond acceptors (Lipinski definition) is 4. The molecule has 5 heteroatoms. The summed E-state index contributed by atoms with van der Waals surface area (Å²) >= 11 is 0. The monoisotopic (exact) mass is 316 g/mol. The second-order valence-corrected chi connectivity index (χ2v) is 5.70.